The predicted octanol–water partition coefficient (Wildman–Crippen LogP) is 5.06. The van der Waals surface area contributed by atoms with E-state index in [1.807, 2.05) is 54.6 Å². The fourth-order valence-electron chi connectivity index (χ4n) is 3.39. The number of amides is 1. The van der Waals surface area contributed by atoms with Gasteiger partial charge in [-0.3, -0.25) is 4.79 Å². The van der Waals surface area contributed by atoms with Crippen LogP contribution >= 0.6 is 23.2 Å². The van der Waals surface area contributed by atoms with Crippen LogP contribution in [0.15, 0.2) is 66.9 Å². The topological polar surface area (TPSA) is 45.2 Å². The first-order valence-corrected chi connectivity index (χ1v) is 9.88. The van der Waals surface area contributed by atoms with Crippen LogP contribution in [-0.4, -0.2) is 30.0 Å². The second-order valence-corrected chi connectivity index (χ2v) is 7.61. The number of rotatable bonds is 4. The Labute approximate surface area is 174 Å². The van der Waals surface area contributed by atoms with Crippen LogP contribution in [-0.2, 0) is 0 Å². The van der Waals surface area contributed by atoms with Gasteiger partial charge in [-0.25, -0.2) is 4.98 Å². The standard InChI is InChI=1S/C22H19Cl2N3O/c23-19-9-8-17(13-20(19)24)15-4-6-16(7-5-15)22(28)26-18-10-12-27(14-18)21-3-1-2-11-25-21/h1-9,11,13,18H,10,12,14H2,(H,26,28). The van der Waals surface area contributed by atoms with Gasteiger partial charge in [-0.1, -0.05) is 47.5 Å². The monoisotopic (exact) mass is 411 g/mol. The van der Waals surface area contributed by atoms with Gasteiger partial charge in [-0.2, -0.15) is 0 Å². The highest BCUT2D eigenvalue weighted by Gasteiger charge is 2.25. The number of nitrogens with one attached hydrogen (secondary N) is 1. The van der Waals surface area contributed by atoms with Crippen molar-refractivity contribution in [1.82, 2.24) is 10.3 Å². The van der Waals surface area contributed by atoms with Crippen molar-refractivity contribution in [2.45, 2.75) is 12.5 Å². The van der Waals surface area contributed by atoms with Crippen LogP contribution in [0.1, 0.15) is 16.8 Å². The third-order valence-electron chi connectivity index (χ3n) is 4.90. The van der Waals surface area contributed by atoms with Gasteiger partial charge in [-0.15, -0.1) is 0 Å². The molecule has 0 saturated carbocycles. The van der Waals surface area contributed by atoms with Crippen LogP contribution in [0, 0.1) is 0 Å². The molecular weight excluding hydrogens is 393 g/mol. The largest absolute Gasteiger partial charge is 0.354 e. The molecule has 1 fully saturated rings. The summed E-state index contributed by atoms with van der Waals surface area (Å²) in [6, 6.07) is 19.0. The van der Waals surface area contributed by atoms with Crippen LogP contribution in [0.2, 0.25) is 10.0 Å². The van der Waals surface area contributed by atoms with Crippen molar-refractivity contribution in [3.05, 3.63) is 82.5 Å². The highest BCUT2D eigenvalue weighted by atomic mass is 35.5. The van der Waals surface area contributed by atoms with Crippen LogP contribution in [0.4, 0.5) is 5.82 Å². The van der Waals surface area contributed by atoms with Gasteiger partial charge in [0.25, 0.3) is 5.91 Å². The zero-order valence-corrected chi connectivity index (χ0v) is 16.6. The molecule has 0 spiro atoms. The maximum absolute atomic E-state index is 12.6. The van der Waals surface area contributed by atoms with E-state index in [1.165, 1.54) is 0 Å². The van der Waals surface area contributed by atoms with E-state index >= 15 is 0 Å². The summed E-state index contributed by atoms with van der Waals surface area (Å²) in [7, 11) is 0. The molecule has 2 aromatic carbocycles. The van der Waals surface area contributed by atoms with Gasteiger partial charge in [0.1, 0.15) is 5.82 Å². The lowest BCUT2D eigenvalue weighted by atomic mass is 10.0. The minimum atomic E-state index is -0.0615. The van der Waals surface area contributed by atoms with Crippen LogP contribution < -0.4 is 10.2 Å². The molecule has 1 aliphatic heterocycles. The molecule has 1 aliphatic rings. The number of hydrogen-bond acceptors (Lipinski definition) is 3. The van der Waals surface area contributed by atoms with E-state index in [1.54, 1.807) is 12.3 Å². The first-order valence-electron chi connectivity index (χ1n) is 9.12. The van der Waals surface area contributed by atoms with E-state index in [9.17, 15) is 4.79 Å². The normalized spacial score (nSPS) is 16.2. The Hall–Kier alpha value is -2.56. The molecule has 1 aromatic heterocycles. The van der Waals surface area contributed by atoms with Gasteiger partial charge in [0.05, 0.1) is 10.0 Å². The van der Waals surface area contributed by atoms with E-state index in [-0.39, 0.29) is 11.9 Å². The molecule has 1 amide bonds. The minimum absolute atomic E-state index is 0.0615. The van der Waals surface area contributed by atoms with Crippen molar-refractivity contribution in [2.24, 2.45) is 0 Å². The molecule has 0 aliphatic carbocycles. The summed E-state index contributed by atoms with van der Waals surface area (Å²) in [6.45, 7) is 1.66. The SMILES string of the molecule is O=C(NC1CCN(c2ccccn2)C1)c1ccc(-c2ccc(Cl)c(Cl)c2)cc1. The van der Waals surface area contributed by atoms with Gasteiger partial charge < -0.3 is 10.2 Å². The lowest BCUT2D eigenvalue weighted by Gasteiger charge is -2.17. The molecule has 1 saturated heterocycles. The van der Waals surface area contributed by atoms with Gasteiger partial charge in [0, 0.05) is 30.9 Å². The molecular formula is C22H19Cl2N3O. The first kappa shape index (κ1) is 18.8. The summed E-state index contributed by atoms with van der Waals surface area (Å²) < 4.78 is 0. The molecule has 3 aromatic rings. The van der Waals surface area contributed by atoms with Gasteiger partial charge in [0.2, 0.25) is 0 Å². The lowest BCUT2D eigenvalue weighted by molar-refractivity contribution is 0.0940. The van der Waals surface area contributed by atoms with E-state index in [0.29, 0.717) is 15.6 Å². The summed E-state index contributed by atoms with van der Waals surface area (Å²) in [5.74, 6) is 0.888. The number of carbonyl (C=O) groups excluding carboxylic acids is 1. The van der Waals surface area contributed by atoms with Crippen molar-refractivity contribution in [1.29, 1.82) is 0 Å². The van der Waals surface area contributed by atoms with Crippen molar-refractivity contribution >= 4 is 34.9 Å². The lowest BCUT2D eigenvalue weighted by Crippen LogP contribution is -2.37. The molecule has 6 heteroatoms. The maximum Gasteiger partial charge on any atom is 0.251 e. The van der Waals surface area contributed by atoms with E-state index < -0.39 is 0 Å². The highest BCUT2D eigenvalue weighted by Crippen LogP contribution is 2.28. The Kier molecular flexibility index (Phi) is 5.51. The van der Waals surface area contributed by atoms with Gasteiger partial charge in [0.15, 0.2) is 0 Å². The molecule has 4 nitrogen and oxygen atoms in total. The summed E-state index contributed by atoms with van der Waals surface area (Å²) in [6.07, 6.45) is 2.69. The molecule has 4 rings (SSSR count). The molecule has 28 heavy (non-hydrogen) atoms. The summed E-state index contributed by atoms with van der Waals surface area (Å²) in [5.41, 5.74) is 2.58. The second kappa shape index (κ2) is 8.21. The zero-order chi connectivity index (χ0) is 19.5. The average molecular weight is 412 g/mol. The van der Waals surface area contributed by atoms with Crippen LogP contribution in [0.5, 0.6) is 0 Å². The number of aromatic nitrogens is 1. The van der Waals surface area contributed by atoms with Crippen LogP contribution in [0.25, 0.3) is 11.1 Å². The Morgan fingerprint density at radius 1 is 1.00 bits per heavy atom. The van der Waals surface area contributed by atoms with Crippen molar-refractivity contribution in [3.63, 3.8) is 0 Å². The number of halogens is 2. The van der Waals surface area contributed by atoms with Crippen molar-refractivity contribution in [2.75, 3.05) is 18.0 Å². The average Bonchev–Trinajstić information content (AvgIpc) is 3.19. The third kappa shape index (κ3) is 4.13. The summed E-state index contributed by atoms with van der Waals surface area (Å²) in [5, 5.41) is 4.16. The van der Waals surface area contributed by atoms with Crippen LogP contribution in [0.3, 0.4) is 0 Å². The number of benzene rings is 2. The third-order valence-corrected chi connectivity index (χ3v) is 5.64. The molecule has 1 N–H and O–H groups in total. The Balaban J connectivity index is 1.39. The van der Waals surface area contributed by atoms with E-state index in [4.69, 9.17) is 23.2 Å². The van der Waals surface area contributed by atoms with E-state index in [2.05, 4.69) is 15.2 Å². The quantitative estimate of drug-likeness (QED) is 0.651. The molecule has 2 heterocycles. The smallest absolute Gasteiger partial charge is 0.251 e. The first-order chi connectivity index (χ1) is 13.6. The Bertz CT molecular complexity index is 977. The van der Waals surface area contributed by atoms with Gasteiger partial charge in [-0.05, 0) is 53.9 Å². The number of nitrogens with zero attached hydrogens (tertiary/aromatic N) is 2. The van der Waals surface area contributed by atoms with Gasteiger partial charge >= 0.3 is 0 Å². The fraction of sp³-hybridized carbons (Fsp3) is 0.182. The minimum Gasteiger partial charge on any atom is -0.354 e. The number of pyridine rings is 1. The summed E-state index contributed by atoms with van der Waals surface area (Å²) >= 11 is 12.1. The molecule has 1 atom stereocenters. The Morgan fingerprint density at radius 2 is 1.79 bits per heavy atom. The van der Waals surface area contributed by atoms with E-state index in [0.717, 1.165) is 36.5 Å². The molecule has 0 radical (unpaired) electrons. The van der Waals surface area contributed by atoms with Crippen molar-refractivity contribution in [3.8, 4) is 11.1 Å². The number of hydrogen-bond donors (Lipinski definition) is 1. The Morgan fingerprint density at radius 3 is 2.50 bits per heavy atom. The molecule has 1 unspecified atom stereocenters. The fourth-order valence-corrected chi connectivity index (χ4v) is 3.68. The predicted molar refractivity (Wildman–Crippen MR) is 114 cm³/mol. The zero-order valence-electron chi connectivity index (χ0n) is 15.1. The van der Waals surface area contributed by atoms with Crippen molar-refractivity contribution < 1.29 is 4.79 Å². The maximum atomic E-state index is 12.6. The second-order valence-electron chi connectivity index (χ2n) is 6.80. The number of anilines is 1. The summed E-state index contributed by atoms with van der Waals surface area (Å²) in [4.78, 5) is 19.2. The molecule has 142 valence electrons. The molecule has 0 bridgehead atoms. The highest BCUT2D eigenvalue weighted by molar-refractivity contribution is 6.42. The number of carbonyl (C=O) groups is 1.